The summed E-state index contributed by atoms with van der Waals surface area (Å²) in [7, 11) is 0. The number of hydrogen-bond donors (Lipinski definition) is 2. The number of amides is 1. The zero-order valence-corrected chi connectivity index (χ0v) is 15.9. The van der Waals surface area contributed by atoms with Crippen LogP contribution in [0.3, 0.4) is 0 Å². The number of alkyl halides is 3. The number of benzene rings is 1. The summed E-state index contributed by atoms with van der Waals surface area (Å²) in [6.07, 6.45) is -5.73. The molecule has 4 rings (SSSR count). The summed E-state index contributed by atoms with van der Waals surface area (Å²) in [6, 6.07) is 5.70. The number of aromatic nitrogens is 1. The molecule has 2 aliphatic heterocycles. The Morgan fingerprint density at radius 1 is 1.23 bits per heavy atom. The van der Waals surface area contributed by atoms with Gasteiger partial charge in [-0.3, -0.25) is 9.79 Å². The number of nitrogens with one attached hydrogen (secondary N) is 1. The van der Waals surface area contributed by atoms with Gasteiger partial charge in [-0.25, -0.2) is 13.8 Å². The first-order valence-corrected chi connectivity index (χ1v) is 9.35. The summed E-state index contributed by atoms with van der Waals surface area (Å²) in [5.74, 6) is -3.19. The Kier molecular flexibility index (Phi) is 5.16. The first-order valence-electron chi connectivity index (χ1n) is 9.35. The third kappa shape index (κ3) is 3.85. The Morgan fingerprint density at radius 3 is 2.68 bits per heavy atom. The van der Waals surface area contributed by atoms with Crippen molar-refractivity contribution in [1.82, 2.24) is 4.98 Å². The molecule has 2 aromatic rings. The standard InChI is InChI=1S/C20H17F5N4O2/c21-10-1-5-15(27-8-10)18(30)28-11-2-4-14(22)13(7-11)19-9-31-17(20(23,24)25)12(19)3-6-16(26)29-19/h1-2,4-5,7-8,12,17H,3,6,9H2,(H2,26,29)(H,28,30). The van der Waals surface area contributed by atoms with E-state index in [2.05, 4.69) is 15.3 Å². The lowest BCUT2D eigenvalue weighted by Gasteiger charge is -2.36. The fraction of sp³-hybridized carbons (Fsp3) is 0.350. The maximum absolute atomic E-state index is 14.8. The van der Waals surface area contributed by atoms with Gasteiger partial charge in [-0.2, -0.15) is 13.2 Å². The average Bonchev–Trinajstić information content (AvgIpc) is 3.09. The van der Waals surface area contributed by atoms with E-state index in [0.717, 1.165) is 24.4 Å². The molecule has 6 nitrogen and oxygen atoms in total. The fourth-order valence-electron chi connectivity index (χ4n) is 4.11. The molecule has 2 aliphatic rings. The number of amidine groups is 1. The minimum atomic E-state index is -4.65. The van der Waals surface area contributed by atoms with E-state index in [-0.39, 0.29) is 35.6 Å². The molecule has 0 saturated carbocycles. The monoisotopic (exact) mass is 440 g/mol. The van der Waals surface area contributed by atoms with Crippen LogP contribution in [0.15, 0.2) is 41.5 Å². The number of halogens is 5. The van der Waals surface area contributed by atoms with Gasteiger partial charge in [0.05, 0.1) is 18.6 Å². The highest BCUT2D eigenvalue weighted by Gasteiger charge is 2.61. The van der Waals surface area contributed by atoms with Crippen LogP contribution >= 0.6 is 0 Å². The number of aliphatic imine (C=N–C) groups is 1. The van der Waals surface area contributed by atoms with E-state index in [1.54, 1.807) is 0 Å². The van der Waals surface area contributed by atoms with Crippen molar-refractivity contribution in [2.24, 2.45) is 16.6 Å². The van der Waals surface area contributed by atoms with Crippen LogP contribution < -0.4 is 11.1 Å². The fourth-order valence-corrected chi connectivity index (χ4v) is 4.11. The number of carbonyl (C=O) groups is 1. The molecule has 3 heterocycles. The smallest absolute Gasteiger partial charge is 0.387 e. The summed E-state index contributed by atoms with van der Waals surface area (Å²) >= 11 is 0. The summed E-state index contributed by atoms with van der Waals surface area (Å²) < 4.78 is 73.3. The van der Waals surface area contributed by atoms with E-state index in [1.165, 1.54) is 12.1 Å². The topological polar surface area (TPSA) is 89.6 Å². The summed E-state index contributed by atoms with van der Waals surface area (Å²) in [6.45, 7) is -0.504. The molecular formula is C20H17F5N4O2. The highest BCUT2D eigenvalue weighted by Crippen LogP contribution is 2.52. The first kappa shape index (κ1) is 21.2. The molecule has 164 valence electrons. The molecule has 31 heavy (non-hydrogen) atoms. The second kappa shape index (κ2) is 7.56. The molecule has 1 saturated heterocycles. The van der Waals surface area contributed by atoms with Crippen LogP contribution in [0, 0.1) is 17.6 Å². The maximum atomic E-state index is 14.8. The second-order valence-electron chi connectivity index (χ2n) is 7.46. The van der Waals surface area contributed by atoms with Crippen molar-refractivity contribution in [3.05, 3.63) is 59.4 Å². The van der Waals surface area contributed by atoms with Crippen molar-refractivity contribution in [3.63, 3.8) is 0 Å². The minimum absolute atomic E-state index is 0.0229. The van der Waals surface area contributed by atoms with Crippen LogP contribution in [-0.4, -0.2) is 35.6 Å². The Labute approximate surface area is 173 Å². The van der Waals surface area contributed by atoms with Crippen molar-refractivity contribution in [3.8, 4) is 0 Å². The molecular weight excluding hydrogens is 423 g/mol. The SMILES string of the molecule is NC1=NC2(c3cc(NC(=O)c4ccc(F)cn4)ccc3F)COC(C(F)(F)F)C2CC1. The Hall–Kier alpha value is -3.08. The number of fused-ring (bicyclic) bond motifs is 1. The lowest BCUT2D eigenvalue weighted by molar-refractivity contribution is -0.217. The largest absolute Gasteiger partial charge is 0.414 e. The molecule has 1 amide bonds. The van der Waals surface area contributed by atoms with Gasteiger partial charge < -0.3 is 15.8 Å². The third-order valence-corrected chi connectivity index (χ3v) is 5.49. The number of anilines is 1. The van der Waals surface area contributed by atoms with Crippen molar-refractivity contribution < 1.29 is 31.5 Å². The van der Waals surface area contributed by atoms with E-state index < -0.39 is 47.9 Å². The van der Waals surface area contributed by atoms with Crippen LogP contribution in [0.5, 0.6) is 0 Å². The summed E-state index contributed by atoms with van der Waals surface area (Å²) in [5, 5.41) is 2.48. The van der Waals surface area contributed by atoms with Gasteiger partial charge in [0.15, 0.2) is 6.10 Å². The number of pyridine rings is 1. The summed E-state index contributed by atoms with van der Waals surface area (Å²) in [5.41, 5.74) is 4.00. The van der Waals surface area contributed by atoms with Gasteiger partial charge in [0, 0.05) is 23.6 Å². The van der Waals surface area contributed by atoms with Gasteiger partial charge in [-0.15, -0.1) is 0 Å². The minimum Gasteiger partial charge on any atom is -0.387 e. The van der Waals surface area contributed by atoms with Crippen LogP contribution in [0.4, 0.5) is 27.6 Å². The highest BCUT2D eigenvalue weighted by atomic mass is 19.4. The van der Waals surface area contributed by atoms with Crippen molar-refractivity contribution in [2.75, 3.05) is 11.9 Å². The lowest BCUT2D eigenvalue weighted by Crippen LogP contribution is -2.45. The van der Waals surface area contributed by atoms with Crippen LogP contribution in [-0.2, 0) is 10.3 Å². The number of ether oxygens (including phenoxy) is 1. The van der Waals surface area contributed by atoms with Crippen LogP contribution in [0.2, 0.25) is 0 Å². The van der Waals surface area contributed by atoms with E-state index in [9.17, 15) is 26.7 Å². The Balaban J connectivity index is 1.71. The van der Waals surface area contributed by atoms with Gasteiger partial charge >= 0.3 is 6.18 Å². The lowest BCUT2D eigenvalue weighted by atomic mass is 9.73. The van der Waals surface area contributed by atoms with Crippen LogP contribution in [0.1, 0.15) is 28.9 Å². The quantitative estimate of drug-likeness (QED) is 0.715. The van der Waals surface area contributed by atoms with E-state index in [0.29, 0.717) is 0 Å². The van der Waals surface area contributed by atoms with E-state index in [1.807, 2.05) is 0 Å². The maximum Gasteiger partial charge on any atom is 0.414 e. The molecule has 0 bridgehead atoms. The number of nitrogens with zero attached hydrogens (tertiary/aromatic N) is 2. The van der Waals surface area contributed by atoms with Gasteiger partial charge in [0.2, 0.25) is 0 Å². The van der Waals surface area contributed by atoms with Crippen molar-refractivity contribution in [1.29, 1.82) is 0 Å². The van der Waals surface area contributed by atoms with E-state index in [4.69, 9.17) is 10.5 Å². The number of carbonyl (C=O) groups excluding carboxylic acids is 1. The van der Waals surface area contributed by atoms with Gasteiger partial charge in [0.25, 0.3) is 5.91 Å². The zero-order chi connectivity index (χ0) is 22.4. The molecule has 1 aromatic heterocycles. The second-order valence-corrected chi connectivity index (χ2v) is 7.46. The van der Waals surface area contributed by atoms with Crippen LogP contribution in [0.25, 0.3) is 0 Å². The highest BCUT2D eigenvalue weighted by molar-refractivity contribution is 6.02. The van der Waals surface area contributed by atoms with Crippen molar-refractivity contribution >= 4 is 17.4 Å². The van der Waals surface area contributed by atoms with Gasteiger partial charge in [-0.05, 0) is 36.8 Å². The van der Waals surface area contributed by atoms with Gasteiger partial charge in [-0.1, -0.05) is 0 Å². The van der Waals surface area contributed by atoms with Crippen molar-refractivity contribution in [2.45, 2.75) is 30.7 Å². The van der Waals surface area contributed by atoms with E-state index >= 15 is 0 Å². The molecule has 11 heteroatoms. The predicted molar refractivity (Wildman–Crippen MR) is 100 cm³/mol. The number of rotatable bonds is 3. The molecule has 3 atom stereocenters. The summed E-state index contributed by atoms with van der Waals surface area (Å²) in [4.78, 5) is 20.2. The number of hydrogen-bond acceptors (Lipinski definition) is 5. The average molecular weight is 440 g/mol. The molecule has 0 spiro atoms. The molecule has 3 unspecified atom stereocenters. The Bertz CT molecular complexity index is 1040. The first-order chi connectivity index (χ1) is 14.6. The van der Waals surface area contributed by atoms with Gasteiger partial charge in [0.1, 0.15) is 22.9 Å². The molecule has 0 aliphatic carbocycles. The molecule has 0 radical (unpaired) electrons. The number of nitrogens with two attached hydrogens (primary N) is 1. The zero-order valence-electron chi connectivity index (χ0n) is 15.9. The Morgan fingerprint density at radius 2 is 2.00 bits per heavy atom. The normalized spacial score (nSPS) is 25.6. The third-order valence-electron chi connectivity index (χ3n) is 5.49. The molecule has 1 fully saturated rings. The predicted octanol–water partition coefficient (Wildman–Crippen LogP) is 3.54. The molecule has 3 N–H and O–H groups in total. The molecule has 1 aromatic carbocycles.